The number of rotatable bonds is 4. The molecule has 0 saturated heterocycles. The summed E-state index contributed by atoms with van der Waals surface area (Å²) in [5, 5.41) is 3.34. The molecule has 0 aliphatic heterocycles. The number of hydrogen-bond acceptors (Lipinski definition) is 4. The van der Waals surface area contributed by atoms with Gasteiger partial charge >= 0.3 is 0 Å². The van der Waals surface area contributed by atoms with Crippen molar-refractivity contribution in [1.29, 1.82) is 0 Å². The lowest BCUT2D eigenvalue weighted by Gasteiger charge is -2.15. The van der Waals surface area contributed by atoms with Crippen LogP contribution in [0.1, 0.15) is 22.2 Å². The molecule has 1 unspecified atom stereocenters. The SMILES string of the molecule is CNC(Cc1ccncc1)c1scnc1C. The van der Waals surface area contributed by atoms with E-state index in [0.29, 0.717) is 6.04 Å². The fourth-order valence-corrected chi connectivity index (χ4v) is 2.64. The highest BCUT2D eigenvalue weighted by Gasteiger charge is 2.14. The first kappa shape index (κ1) is 11.2. The Labute approximate surface area is 99.6 Å². The van der Waals surface area contributed by atoms with Crippen LogP contribution in [0.3, 0.4) is 0 Å². The molecule has 0 spiro atoms. The Balaban J connectivity index is 2.16. The number of aryl methyl sites for hydroxylation is 1. The Kier molecular flexibility index (Phi) is 3.64. The van der Waals surface area contributed by atoms with E-state index in [9.17, 15) is 0 Å². The van der Waals surface area contributed by atoms with Gasteiger partial charge < -0.3 is 5.32 Å². The van der Waals surface area contributed by atoms with Crippen molar-refractivity contribution < 1.29 is 0 Å². The average molecular weight is 233 g/mol. The molecule has 0 amide bonds. The van der Waals surface area contributed by atoms with Gasteiger partial charge in [0.25, 0.3) is 0 Å². The van der Waals surface area contributed by atoms with Crippen LogP contribution >= 0.6 is 11.3 Å². The Morgan fingerprint density at radius 3 is 2.69 bits per heavy atom. The molecule has 3 nitrogen and oxygen atoms in total. The Bertz CT molecular complexity index is 439. The first-order valence-corrected chi connectivity index (χ1v) is 6.15. The van der Waals surface area contributed by atoms with Crippen molar-refractivity contribution in [3.05, 3.63) is 46.2 Å². The molecule has 2 aromatic rings. The summed E-state index contributed by atoms with van der Waals surface area (Å²) in [5.74, 6) is 0. The summed E-state index contributed by atoms with van der Waals surface area (Å²) >= 11 is 1.71. The van der Waals surface area contributed by atoms with Crippen molar-refractivity contribution in [2.24, 2.45) is 0 Å². The standard InChI is InChI=1S/C12H15N3S/c1-9-12(16-8-15-9)11(13-2)7-10-3-5-14-6-4-10/h3-6,8,11,13H,7H2,1-2H3. The number of likely N-dealkylation sites (N-methyl/N-ethyl adjacent to an activating group) is 1. The van der Waals surface area contributed by atoms with E-state index < -0.39 is 0 Å². The largest absolute Gasteiger partial charge is 0.312 e. The average Bonchev–Trinajstić information content (AvgIpc) is 2.74. The van der Waals surface area contributed by atoms with Gasteiger partial charge in [0.2, 0.25) is 0 Å². The molecule has 4 heteroatoms. The van der Waals surface area contributed by atoms with Crippen molar-refractivity contribution >= 4 is 11.3 Å². The van der Waals surface area contributed by atoms with E-state index in [2.05, 4.69) is 34.3 Å². The molecule has 84 valence electrons. The Hall–Kier alpha value is -1.26. The van der Waals surface area contributed by atoms with Gasteiger partial charge in [0.05, 0.1) is 11.2 Å². The molecule has 2 rings (SSSR count). The maximum Gasteiger partial charge on any atom is 0.0798 e. The second-order valence-electron chi connectivity index (χ2n) is 3.70. The van der Waals surface area contributed by atoms with Crippen LogP contribution in [0.4, 0.5) is 0 Å². The first-order chi connectivity index (χ1) is 7.81. The molecule has 1 N–H and O–H groups in total. The number of hydrogen-bond donors (Lipinski definition) is 1. The highest BCUT2D eigenvalue weighted by atomic mass is 32.1. The molecule has 0 fully saturated rings. The lowest BCUT2D eigenvalue weighted by atomic mass is 10.1. The molecule has 0 bridgehead atoms. The highest BCUT2D eigenvalue weighted by molar-refractivity contribution is 7.09. The fraction of sp³-hybridized carbons (Fsp3) is 0.333. The van der Waals surface area contributed by atoms with E-state index in [0.717, 1.165) is 12.1 Å². The van der Waals surface area contributed by atoms with Crippen molar-refractivity contribution in [2.45, 2.75) is 19.4 Å². The quantitative estimate of drug-likeness (QED) is 0.881. The summed E-state index contributed by atoms with van der Waals surface area (Å²) in [7, 11) is 1.99. The maximum atomic E-state index is 4.29. The third kappa shape index (κ3) is 2.46. The first-order valence-electron chi connectivity index (χ1n) is 5.27. The lowest BCUT2D eigenvalue weighted by Crippen LogP contribution is -2.18. The van der Waals surface area contributed by atoms with E-state index in [-0.39, 0.29) is 0 Å². The fourth-order valence-electron chi connectivity index (χ4n) is 1.73. The zero-order valence-electron chi connectivity index (χ0n) is 9.47. The minimum atomic E-state index is 0.342. The molecular formula is C12H15N3S. The normalized spacial score (nSPS) is 12.6. The molecule has 2 heterocycles. The lowest BCUT2D eigenvalue weighted by molar-refractivity contribution is 0.597. The molecule has 0 aliphatic carbocycles. The zero-order chi connectivity index (χ0) is 11.4. The predicted molar refractivity (Wildman–Crippen MR) is 66.6 cm³/mol. The van der Waals surface area contributed by atoms with Crippen molar-refractivity contribution in [1.82, 2.24) is 15.3 Å². The van der Waals surface area contributed by atoms with E-state index >= 15 is 0 Å². The summed E-state index contributed by atoms with van der Waals surface area (Å²) in [6.07, 6.45) is 4.64. The van der Waals surface area contributed by atoms with Gasteiger partial charge in [-0.2, -0.15) is 0 Å². The van der Waals surface area contributed by atoms with Crippen molar-refractivity contribution in [3.63, 3.8) is 0 Å². The van der Waals surface area contributed by atoms with E-state index in [1.54, 1.807) is 11.3 Å². The molecule has 0 radical (unpaired) electrons. The van der Waals surface area contributed by atoms with Gasteiger partial charge in [0, 0.05) is 23.3 Å². The molecular weight excluding hydrogens is 218 g/mol. The second-order valence-corrected chi connectivity index (χ2v) is 4.59. The van der Waals surface area contributed by atoms with Crippen molar-refractivity contribution in [3.8, 4) is 0 Å². The zero-order valence-corrected chi connectivity index (χ0v) is 10.3. The molecule has 0 saturated carbocycles. The maximum absolute atomic E-state index is 4.29. The minimum Gasteiger partial charge on any atom is -0.312 e. The van der Waals surface area contributed by atoms with Crippen LogP contribution < -0.4 is 5.32 Å². The summed E-state index contributed by atoms with van der Waals surface area (Å²) in [6.45, 7) is 2.06. The highest BCUT2D eigenvalue weighted by Crippen LogP contribution is 2.24. The van der Waals surface area contributed by atoms with E-state index in [4.69, 9.17) is 0 Å². The topological polar surface area (TPSA) is 37.8 Å². The monoisotopic (exact) mass is 233 g/mol. The van der Waals surface area contributed by atoms with Gasteiger partial charge in [-0.1, -0.05) is 0 Å². The van der Waals surface area contributed by atoms with Crippen LogP contribution in [-0.2, 0) is 6.42 Å². The van der Waals surface area contributed by atoms with E-state index in [1.165, 1.54) is 10.4 Å². The van der Waals surface area contributed by atoms with Gasteiger partial charge in [-0.15, -0.1) is 11.3 Å². The number of nitrogens with zero attached hydrogens (tertiary/aromatic N) is 2. The molecule has 0 aromatic carbocycles. The molecule has 2 aromatic heterocycles. The van der Waals surface area contributed by atoms with Crippen LogP contribution in [0, 0.1) is 6.92 Å². The van der Waals surface area contributed by atoms with E-state index in [1.807, 2.05) is 25.0 Å². The predicted octanol–water partition coefficient (Wildman–Crippen LogP) is 2.35. The van der Waals surface area contributed by atoms with Crippen LogP contribution in [0.15, 0.2) is 30.0 Å². The van der Waals surface area contributed by atoms with Crippen molar-refractivity contribution in [2.75, 3.05) is 7.05 Å². The van der Waals surface area contributed by atoms with Crippen LogP contribution in [-0.4, -0.2) is 17.0 Å². The summed E-state index contributed by atoms with van der Waals surface area (Å²) < 4.78 is 0. The third-order valence-corrected chi connectivity index (χ3v) is 3.68. The second kappa shape index (κ2) is 5.18. The molecule has 16 heavy (non-hydrogen) atoms. The minimum absolute atomic E-state index is 0.342. The molecule has 1 atom stereocenters. The Morgan fingerprint density at radius 1 is 1.38 bits per heavy atom. The van der Waals surface area contributed by atoms with Gasteiger partial charge in [0.1, 0.15) is 0 Å². The number of pyridine rings is 1. The Morgan fingerprint density at radius 2 is 2.12 bits per heavy atom. The van der Waals surface area contributed by atoms with Gasteiger partial charge in [-0.25, -0.2) is 4.98 Å². The van der Waals surface area contributed by atoms with Crippen LogP contribution in [0.2, 0.25) is 0 Å². The van der Waals surface area contributed by atoms with Gasteiger partial charge in [0.15, 0.2) is 0 Å². The summed E-state index contributed by atoms with van der Waals surface area (Å²) in [5.41, 5.74) is 4.32. The number of thiazole rings is 1. The van der Waals surface area contributed by atoms with Crippen LogP contribution in [0.25, 0.3) is 0 Å². The molecule has 0 aliphatic rings. The summed E-state index contributed by atoms with van der Waals surface area (Å²) in [4.78, 5) is 9.64. The van der Waals surface area contributed by atoms with Gasteiger partial charge in [-0.05, 0) is 38.1 Å². The number of aromatic nitrogens is 2. The number of nitrogens with one attached hydrogen (secondary N) is 1. The van der Waals surface area contributed by atoms with Gasteiger partial charge in [-0.3, -0.25) is 4.98 Å². The summed E-state index contributed by atoms with van der Waals surface area (Å²) in [6, 6.07) is 4.46. The third-order valence-electron chi connectivity index (χ3n) is 2.64. The smallest absolute Gasteiger partial charge is 0.0798 e. The van der Waals surface area contributed by atoms with Crippen LogP contribution in [0.5, 0.6) is 0 Å².